The van der Waals surface area contributed by atoms with Crippen LogP contribution in [0.4, 0.5) is 10.8 Å². The smallest absolute Gasteiger partial charge is 0.243 e. The Morgan fingerprint density at radius 3 is 2.79 bits per heavy atom. The zero-order valence-corrected chi connectivity index (χ0v) is 14.8. The number of carbonyl (C=O) groups excluding carboxylic acids is 2. The molecule has 4 N–H and O–H groups in total. The molecule has 8 nitrogen and oxygen atoms in total. The number of anilines is 2. The van der Waals surface area contributed by atoms with E-state index in [1.807, 2.05) is 13.0 Å². The summed E-state index contributed by atoms with van der Waals surface area (Å²) in [5.41, 5.74) is 7.01. The molecule has 0 atom stereocenters. The maximum Gasteiger partial charge on any atom is 0.243 e. The Balaban J connectivity index is 1.78. The van der Waals surface area contributed by atoms with Crippen molar-refractivity contribution < 1.29 is 14.3 Å². The SMILES string of the molecule is COc1ccc(C)cc1NC(=O)CNC(=O)CSc1nnc(N)s1. The Morgan fingerprint density at radius 2 is 2.12 bits per heavy atom. The molecule has 0 aliphatic carbocycles. The van der Waals surface area contributed by atoms with Crippen LogP contribution in [0.15, 0.2) is 22.5 Å². The minimum atomic E-state index is -0.336. The number of aromatic nitrogens is 2. The summed E-state index contributed by atoms with van der Waals surface area (Å²) in [6.07, 6.45) is 0. The zero-order chi connectivity index (χ0) is 17.5. The van der Waals surface area contributed by atoms with Crippen LogP contribution in [0.25, 0.3) is 0 Å². The van der Waals surface area contributed by atoms with Gasteiger partial charge in [-0.3, -0.25) is 9.59 Å². The van der Waals surface area contributed by atoms with E-state index in [0.717, 1.165) is 5.56 Å². The Hall–Kier alpha value is -2.33. The molecule has 0 aliphatic rings. The van der Waals surface area contributed by atoms with Crippen molar-refractivity contribution in [3.63, 3.8) is 0 Å². The van der Waals surface area contributed by atoms with Gasteiger partial charge in [0.05, 0.1) is 25.1 Å². The fourth-order valence-corrected chi connectivity index (χ4v) is 3.22. The molecule has 2 aromatic rings. The van der Waals surface area contributed by atoms with Crippen molar-refractivity contribution >= 4 is 45.7 Å². The summed E-state index contributed by atoms with van der Waals surface area (Å²) in [6.45, 7) is 1.78. The summed E-state index contributed by atoms with van der Waals surface area (Å²) in [5.74, 6) is 0.0811. The lowest BCUT2D eigenvalue weighted by Crippen LogP contribution is -2.34. The van der Waals surface area contributed by atoms with Gasteiger partial charge in [0.15, 0.2) is 4.34 Å². The van der Waals surface area contributed by atoms with Crippen LogP contribution in [0.5, 0.6) is 5.75 Å². The van der Waals surface area contributed by atoms with Crippen LogP contribution in [-0.4, -0.2) is 41.4 Å². The molecule has 128 valence electrons. The first-order valence-corrected chi connectivity index (χ1v) is 8.71. The second-order valence-corrected chi connectivity index (χ2v) is 6.96. The molecule has 1 heterocycles. The number of rotatable bonds is 7. The molecule has 10 heteroatoms. The number of amides is 2. The lowest BCUT2D eigenvalue weighted by Gasteiger charge is -2.11. The number of methoxy groups -OCH3 is 1. The van der Waals surface area contributed by atoms with Crippen LogP contribution >= 0.6 is 23.1 Å². The number of ether oxygens (including phenoxy) is 1. The third kappa shape index (κ3) is 5.39. The normalized spacial score (nSPS) is 10.2. The molecule has 0 radical (unpaired) electrons. The first-order chi connectivity index (χ1) is 11.5. The first kappa shape index (κ1) is 18.0. The minimum Gasteiger partial charge on any atom is -0.495 e. The van der Waals surface area contributed by atoms with Crippen molar-refractivity contribution in [2.24, 2.45) is 0 Å². The molecule has 0 spiro atoms. The standard InChI is InChI=1S/C14H17N5O3S2/c1-8-3-4-10(22-2)9(5-8)17-11(20)6-16-12(21)7-23-14-19-18-13(15)24-14/h3-5H,6-7H2,1-2H3,(H2,15,18)(H,16,21)(H,17,20). The van der Waals surface area contributed by atoms with Crippen LogP contribution in [0.1, 0.15) is 5.56 Å². The maximum absolute atomic E-state index is 11.9. The number of hydrogen-bond acceptors (Lipinski definition) is 8. The van der Waals surface area contributed by atoms with Crippen LogP contribution in [0.2, 0.25) is 0 Å². The van der Waals surface area contributed by atoms with Gasteiger partial charge in [0.1, 0.15) is 5.75 Å². The Bertz CT molecular complexity index is 735. The van der Waals surface area contributed by atoms with Crippen molar-refractivity contribution in [3.8, 4) is 5.75 Å². The molecule has 0 aliphatic heterocycles. The van der Waals surface area contributed by atoms with Gasteiger partial charge in [0.25, 0.3) is 0 Å². The Labute approximate surface area is 147 Å². The van der Waals surface area contributed by atoms with Crippen molar-refractivity contribution in [1.82, 2.24) is 15.5 Å². The summed E-state index contributed by atoms with van der Waals surface area (Å²) in [4.78, 5) is 23.7. The lowest BCUT2D eigenvalue weighted by atomic mass is 10.2. The third-order valence-electron chi connectivity index (χ3n) is 2.82. The molecule has 0 bridgehead atoms. The fraction of sp³-hybridized carbons (Fsp3) is 0.286. The van der Waals surface area contributed by atoms with E-state index in [1.54, 1.807) is 12.1 Å². The van der Waals surface area contributed by atoms with Gasteiger partial charge in [-0.1, -0.05) is 29.2 Å². The largest absolute Gasteiger partial charge is 0.495 e. The average Bonchev–Trinajstić information content (AvgIpc) is 2.97. The highest BCUT2D eigenvalue weighted by molar-refractivity contribution is 8.01. The van der Waals surface area contributed by atoms with Gasteiger partial charge in [-0.15, -0.1) is 10.2 Å². The van der Waals surface area contributed by atoms with Crippen LogP contribution < -0.4 is 21.1 Å². The first-order valence-electron chi connectivity index (χ1n) is 6.91. The van der Waals surface area contributed by atoms with Crippen LogP contribution in [0, 0.1) is 6.92 Å². The summed E-state index contributed by atoms with van der Waals surface area (Å²) in [5, 5.41) is 13.1. The van der Waals surface area contributed by atoms with Gasteiger partial charge >= 0.3 is 0 Å². The third-order valence-corrected chi connectivity index (χ3v) is 4.71. The molecular weight excluding hydrogens is 350 g/mol. The second kappa shape index (κ2) is 8.50. The zero-order valence-electron chi connectivity index (χ0n) is 13.2. The molecule has 2 amide bonds. The number of nitrogen functional groups attached to an aromatic ring is 1. The highest BCUT2D eigenvalue weighted by atomic mass is 32.2. The molecule has 2 rings (SSSR count). The monoisotopic (exact) mass is 367 g/mol. The van der Waals surface area contributed by atoms with E-state index in [4.69, 9.17) is 10.5 Å². The molecule has 1 aromatic heterocycles. The van der Waals surface area contributed by atoms with Gasteiger partial charge in [-0.05, 0) is 24.6 Å². The molecule has 0 saturated heterocycles. The Kier molecular flexibility index (Phi) is 6.38. The highest BCUT2D eigenvalue weighted by Gasteiger charge is 2.11. The quantitative estimate of drug-likeness (QED) is 0.631. The highest BCUT2D eigenvalue weighted by Crippen LogP contribution is 2.25. The minimum absolute atomic E-state index is 0.130. The summed E-state index contributed by atoms with van der Waals surface area (Å²) < 4.78 is 5.80. The average molecular weight is 367 g/mol. The number of thioether (sulfide) groups is 1. The van der Waals surface area contributed by atoms with Crippen molar-refractivity contribution in [3.05, 3.63) is 23.8 Å². The number of hydrogen-bond donors (Lipinski definition) is 3. The number of aryl methyl sites for hydroxylation is 1. The summed E-state index contributed by atoms with van der Waals surface area (Å²) in [7, 11) is 1.53. The number of nitrogens with one attached hydrogen (secondary N) is 2. The topological polar surface area (TPSA) is 119 Å². The van der Waals surface area contributed by atoms with E-state index in [-0.39, 0.29) is 24.1 Å². The van der Waals surface area contributed by atoms with E-state index in [2.05, 4.69) is 20.8 Å². The number of nitrogens with two attached hydrogens (primary N) is 1. The molecule has 0 fully saturated rings. The number of nitrogens with zero attached hydrogens (tertiary/aromatic N) is 2. The maximum atomic E-state index is 11.9. The molecule has 24 heavy (non-hydrogen) atoms. The predicted molar refractivity (Wildman–Crippen MR) is 94.4 cm³/mol. The van der Waals surface area contributed by atoms with Crippen LogP contribution in [0.3, 0.4) is 0 Å². The van der Waals surface area contributed by atoms with E-state index in [0.29, 0.717) is 20.9 Å². The summed E-state index contributed by atoms with van der Waals surface area (Å²) >= 11 is 2.42. The number of carbonyl (C=O) groups is 2. The molecular formula is C14H17N5O3S2. The Morgan fingerprint density at radius 1 is 1.33 bits per heavy atom. The second-order valence-electron chi connectivity index (χ2n) is 4.72. The molecule has 0 saturated carbocycles. The van der Waals surface area contributed by atoms with E-state index < -0.39 is 0 Å². The summed E-state index contributed by atoms with van der Waals surface area (Å²) in [6, 6.07) is 5.45. The van der Waals surface area contributed by atoms with Gasteiger partial charge in [-0.2, -0.15) is 0 Å². The van der Waals surface area contributed by atoms with Crippen molar-refractivity contribution in [2.45, 2.75) is 11.3 Å². The van der Waals surface area contributed by atoms with Gasteiger partial charge in [-0.25, -0.2) is 0 Å². The van der Waals surface area contributed by atoms with E-state index in [1.165, 1.54) is 30.2 Å². The molecule has 1 aromatic carbocycles. The van der Waals surface area contributed by atoms with Crippen molar-refractivity contribution in [2.75, 3.05) is 30.5 Å². The van der Waals surface area contributed by atoms with Crippen molar-refractivity contribution in [1.29, 1.82) is 0 Å². The van der Waals surface area contributed by atoms with Gasteiger partial charge < -0.3 is 21.1 Å². The molecule has 0 unspecified atom stereocenters. The number of benzene rings is 1. The van der Waals surface area contributed by atoms with Crippen LogP contribution in [-0.2, 0) is 9.59 Å². The van der Waals surface area contributed by atoms with E-state index in [9.17, 15) is 9.59 Å². The predicted octanol–water partition coefficient (Wildman–Crippen LogP) is 1.28. The fourth-order valence-electron chi connectivity index (χ4n) is 1.75. The van der Waals surface area contributed by atoms with Gasteiger partial charge in [0, 0.05) is 0 Å². The van der Waals surface area contributed by atoms with Gasteiger partial charge in [0.2, 0.25) is 16.9 Å². The van der Waals surface area contributed by atoms with E-state index >= 15 is 0 Å². The lowest BCUT2D eigenvalue weighted by molar-refractivity contribution is -0.122.